The van der Waals surface area contributed by atoms with Crippen molar-refractivity contribution < 1.29 is 23.1 Å². The molecule has 5 rings (SSSR count). The summed E-state index contributed by atoms with van der Waals surface area (Å²) in [6.07, 6.45) is 0.813. The van der Waals surface area contributed by atoms with Crippen molar-refractivity contribution in [1.82, 2.24) is 9.47 Å². The first kappa shape index (κ1) is 22.9. The summed E-state index contributed by atoms with van der Waals surface area (Å²) in [6, 6.07) is 17.0. The topological polar surface area (TPSA) is 126 Å². The number of carbonyl (C=O) groups excluding carboxylic acids is 1. The third kappa shape index (κ3) is 4.32. The number of carbonyl (C=O) groups is 2. The van der Waals surface area contributed by atoms with Crippen LogP contribution in [0.3, 0.4) is 0 Å². The van der Waals surface area contributed by atoms with Gasteiger partial charge in [-0.2, -0.15) is 0 Å². The monoisotopic (exact) mass is 493 g/mol. The third-order valence-electron chi connectivity index (χ3n) is 6.55. The van der Waals surface area contributed by atoms with Crippen molar-refractivity contribution >= 4 is 27.6 Å². The molecular weight excluding hydrogens is 470 g/mol. The number of rotatable bonds is 5. The summed E-state index contributed by atoms with van der Waals surface area (Å²) in [6.45, 7) is 1.18. The van der Waals surface area contributed by atoms with E-state index in [4.69, 9.17) is 0 Å². The van der Waals surface area contributed by atoms with E-state index < -0.39 is 21.6 Å². The molecule has 1 fully saturated rings. The zero-order chi connectivity index (χ0) is 24.7. The quantitative estimate of drug-likeness (QED) is 0.563. The van der Waals surface area contributed by atoms with Gasteiger partial charge in [-0.15, -0.1) is 0 Å². The minimum atomic E-state index is -3.90. The molecule has 1 amide bonds. The van der Waals surface area contributed by atoms with Crippen LogP contribution in [0.1, 0.15) is 38.7 Å². The van der Waals surface area contributed by atoms with Gasteiger partial charge in [-0.3, -0.25) is 14.3 Å². The molecule has 10 heteroatoms. The molecule has 3 heterocycles. The molecule has 180 valence electrons. The molecule has 1 saturated heterocycles. The van der Waals surface area contributed by atoms with Crippen LogP contribution in [0.15, 0.2) is 76.4 Å². The van der Waals surface area contributed by atoms with Crippen molar-refractivity contribution in [2.45, 2.75) is 23.8 Å². The SMILES string of the molecule is O=C(O)c1cccc(C(=O)N2CC3CC(C2)c2ccc(NS(=O)(=O)c4ccccc4)c(=O)n2C3)c1. The number of hydrogen-bond donors (Lipinski definition) is 2. The summed E-state index contributed by atoms with van der Waals surface area (Å²) in [5.41, 5.74) is 0.690. The highest BCUT2D eigenvalue weighted by Crippen LogP contribution is 2.36. The lowest BCUT2D eigenvalue weighted by Gasteiger charge is -2.43. The Labute approximate surface area is 201 Å². The number of aromatic carboxylic acids is 1. The number of amides is 1. The van der Waals surface area contributed by atoms with E-state index in [0.29, 0.717) is 25.2 Å². The molecule has 1 aromatic heterocycles. The molecule has 2 bridgehead atoms. The second-order valence-corrected chi connectivity index (χ2v) is 10.6. The van der Waals surface area contributed by atoms with E-state index in [1.54, 1.807) is 45.9 Å². The number of sulfonamides is 1. The van der Waals surface area contributed by atoms with Crippen LogP contribution in [0, 0.1) is 5.92 Å². The van der Waals surface area contributed by atoms with E-state index >= 15 is 0 Å². The fourth-order valence-corrected chi connectivity index (χ4v) is 6.04. The van der Waals surface area contributed by atoms with E-state index in [2.05, 4.69) is 4.72 Å². The first-order chi connectivity index (χ1) is 16.7. The Bertz CT molecular complexity index is 1480. The van der Waals surface area contributed by atoms with Gasteiger partial charge in [-0.25, -0.2) is 13.2 Å². The lowest BCUT2D eigenvalue weighted by molar-refractivity contribution is 0.0594. The number of carboxylic acid groups (broad SMARTS) is 1. The normalized spacial score (nSPS) is 19.0. The summed E-state index contributed by atoms with van der Waals surface area (Å²) in [4.78, 5) is 39.4. The van der Waals surface area contributed by atoms with Crippen molar-refractivity contribution in [3.63, 3.8) is 0 Å². The Hall–Kier alpha value is -3.92. The molecule has 3 aromatic rings. The number of carboxylic acids is 1. The Morgan fingerprint density at radius 3 is 2.40 bits per heavy atom. The van der Waals surface area contributed by atoms with Gasteiger partial charge in [0.2, 0.25) is 0 Å². The molecule has 2 aromatic carbocycles. The van der Waals surface area contributed by atoms with E-state index in [1.807, 2.05) is 0 Å². The van der Waals surface area contributed by atoms with Crippen molar-refractivity contribution in [3.05, 3.63) is 93.9 Å². The Kier molecular flexibility index (Phi) is 5.68. The van der Waals surface area contributed by atoms with Crippen LogP contribution in [-0.4, -0.2) is 48.0 Å². The fourth-order valence-electron chi connectivity index (χ4n) is 4.96. The number of aromatic nitrogens is 1. The van der Waals surface area contributed by atoms with Crippen molar-refractivity contribution in [3.8, 4) is 0 Å². The maximum absolute atomic E-state index is 13.2. The molecule has 2 atom stereocenters. The van der Waals surface area contributed by atoms with Crippen LogP contribution in [-0.2, 0) is 16.6 Å². The highest BCUT2D eigenvalue weighted by Gasteiger charge is 2.37. The zero-order valence-corrected chi connectivity index (χ0v) is 19.4. The maximum atomic E-state index is 13.2. The third-order valence-corrected chi connectivity index (χ3v) is 7.93. The molecule has 35 heavy (non-hydrogen) atoms. The van der Waals surface area contributed by atoms with E-state index in [9.17, 15) is 27.9 Å². The molecule has 0 radical (unpaired) electrons. The number of anilines is 1. The average Bonchev–Trinajstić information content (AvgIpc) is 2.86. The fraction of sp³-hybridized carbons (Fsp3) is 0.240. The summed E-state index contributed by atoms with van der Waals surface area (Å²) in [5, 5.41) is 9.23. The largest absolute Gasteiger partial charge is 0.478 e. The molecule has 0 aliphatic carbocycles. The van der Waals surface area contributed by atoms with Gasteiger partial charge in [0.1, 0.15) is 5.69 Å². The Balaban J connectivity index is 1.40. The van der Waals surface area contributed by atoms with Gasteiger partial charge in [0.25, 0.3) is 21.5 Å². The van der Waals surface area contributed by atoms with Crippen molar-refractivity contribution in [1.29, 1.82) is 0 Å². The summed E-state index contributed by atoms with van der Waals surface area (Å²) in [5.74, 6) is -1.40. The van der Waals surface area contributed by atoms with Gasteiger partial charge in [-0.05, 0) is 54.8 Å². The molecule has 2 aliphatic rings. The van der Waals surface area contributed by atoms with Crippen LogP contribution in [0.4, 0.5) is 5.69 Å². The maximum Gasteiger partial charge on any atom is 0.335 e. The first-order valence-corrected chi connectivity index (χ1v) is 12.7. The number of nitrogens with zero attached hydrogens (tertiary/aromatic N) is 2. The minimum absolute atomic E-state index is 0.0176. The Morgan fingerprint density at radius 1 is 0.914 bits per heavy atom. The lowest BCUT2D eigenvalue weighted by atomic mass is 9.83. The number of piperidine rings is 1. The molecule has 2 aliphatic heterocycles. The van der Waals surface area contributed by atoms with Crippen LogP contribution in [0.2, 0.25) is 0 Å². The smallest absolute Gasteiger partial charge is 0.335 e. The predicted octanol–water partition coefficient (Wildman–Crippen LogP) is 2.61. The first-order valence-electron chi connectivity index (χ1n) is 11.2. The van der Waals surface area contributed by atoms with Gasteiger partial charge in [0.15, 0.2) is 0 Å². The predicted molar refractivity (Wildman–Crippen MR) is 128 cm³/mol. The van der Waals surface area contributed by atoms with E-state index in [1.165, 1.54) is 30.3 Å². The average molecular weight is 494 g/mol. The molecule has 2 N–H and O–H groups in total. The highest BCUT2D eigenvalue weighted by atomic mass is 32.2. The van der Waals surface area contributed by atoms with Gasteiger partial charge < -0.3 is 14.6 Å². The summed E-state index contributed by atoms with van der Waals surface area (Å²) in [7, 11) is -3.90. The Morgan fingerprint density at radius 2 is 1.66 bits per heavy atom. The molecule has 0 spiro atoms. The van der Waals surface area contributed by atoms with Crippen LogP contribution in [0.5, 0.6) is 0 Å². The van der Waals surface area contributed by atoms with Crippen LogP contribution < -0.4 is 10.3 Å². The number of hydrogen-bond acceptors (Lipinski definition) is 5. The van der Waals surface area contributed by atoms with Crippen LogP contribution >= 0.6 is 0 Å². The number of likely N-dealkylation sites (tertiary alicyclic amines) is 1. The van der Waals surface area contributed by atoms with E-state index in [-0.39, 0.29) is 33.9 Å². The standard InChI is InChI=1S/C25H23N3O6S/c29-23(17-5-4-6-18(12-17)25(31)32)27-13-16-11-19(15-27)22-10-9-21(24(30)28(22)14-16)26-35(33,34)20-7-2-1-3-8-20/h1-10,12,16,19,26H,11,13-15H2,(H,31,32). The molecular formula is C25H23N3O6S. The van der Waals surface area contributed by atoms with Crippen LogP contribution in [0.25, 0.3) is 0 Å². The van der Waals surface area contributed by atoms with Gasteiger partial charge >= 0.3 is 5.97 Å². The van der Waals surface area contributed by atoms with Crippen molar-refractivity contribution in [2.24, 2.45) is 5.92 Å². The highest BCUT2D eigenvalue weighted by molar-refractivity contribution is 7.92. The van der Waals surface area contributed by atoms with Gasteiger partial charge in [0.05, 0.1) is 10.5 Å². The lowest BCUT2D eigenvalue weighted by Crippen LogP contribution is -2.49. The van der Waals surface area contributed by atoms with E-state index in [0.717, 1.165) is 12.1 Å². The zero-order valence-electron chi connectivity index (χ0n) is 18.6. The number of pyridine rings is 1. The second kappa shape index (κ2) is 8.70. The number of nitrogens with one attached hydrogen (secondary N) is 1. The van der Waals surface area contributed by atoms with Gasteiger partial charge in [0, 0.05) is 36.8 Å². The second-order valence-electron chi connectivity index (χ2n) is 8.90. The molecule has 2 unspecified atom stereocenters. The van der Waals surface area contributed by atoms with Crippen molar-refractivity contribution in [2.75, 3.05) is 17.8 Å². The van der Waals surface area contributed by atoms with Gasteiger partial charge in [-0.1, -0.05) is 24.3 Å². The minimum Gasteiger partial charge on any atom is -0.478 e. The number of fused-ring (bicyclic) bond motifs is 4. The summed E-state index contributed by atoms with van der Waals surface area (Å²) >= 11 is 0. The molecule has 0 saturated carbocycles. The summed E-state index contributed by atoms with van der Waals surface area (Å²) < 4.78 is 29.4. The number of benzene rings is 2. The molecule has 9 nitrogen and oxygen atoms in total.